The zero-order valence-electron chi connectivity index (χ0n) is 21.2. The lowest BCUT2D eigenvalue weighted by molar-refractivity contribution is -0.139. The molecule has 0 aliphatic carbocycles. The van der Waals surface area contributed by atoms with E-state index < -0.39 is 12.0 Å². The Hall–Kier alpha value is -2.76. The fraction of sp³-hybridized carbons (Fsp3) is 0.250. The number of fused-ring (bicyclic) bond motifs is 1. The van der Waals surface area contributed by atoms with Gasteiger partial charge >= 0.3 is 5.97 Å². The zero-order valence-corrected chi connectivity index (χ0v) is 25.0. The summed E-state index contributed by atoms with van der Waals surface area (Å²) in [5.74, 6) is -0.437. The third-order valence-electron chi connectivity index (χ3n) is 6.50. The summed E-state index contributed by atoms with van der Waals surface area (Å²) in [7, 11) is 0. The Kier molecular flexibility index (Phi) is 7.12. The van der Waals surface area contributed by atoms with Crippen molar-refractivity contribution < 1.29 is 9.53 Å². The lowest BCUT2D eigenvalue weighted by Gasteiger charge is -2.23. The molecular formula is C28H26IN3O3S2. The summed E-state index contributed by atoms with van der Waals surface area (Å²) >= 11 is 5.22. The van der Waals surface area contributed by atoms with Gasteiger partial charge in [-0.2, -0.15) is 0 Å². The molecule has 5 rings (SSSR count). The number of thiazole rings is 1. The van der Waals surface area contributed by atoms with Crippen LogP contribution in [0.15, 0.2) is 62.8 Å². The second kappa shape index (κ2) is 10.2. The van der Waals surface area contributed by atoms with Crippen LogP contribution in [0.4, 0.5) is 0 Å². The number of hydrogen-bond donors (Lipinski definition) is 0. The highest BCUT2D eigenvalue weighted by Crippen LogP contribution is 2.33. The molecular weight excluding hydrogens is 617 g/mol. The average molecular weight is 644 g/mol. The van der Waals surface area contributed by atoms with Crippen molar-refractivity contribution in [1.82, 2.24) is 9.13 Å². The van der Waals surface area contributed by atoms with Crippen molar-refractivity contribution in [2.24, 2.45) is 4.99 Å². The molecule has 9 heteroatoms. The molecule has 1 aromatic carbocycles. The molecule has 0 bridgehead atoms. The number of nitrogens with zero attached hydrogens (tertiary/aromatic N) is 3. The van der Waals surface area contributed by atoms with Crippen LogP contribution >= 0.6 is 45.3 Å². The summed E-state index contributed by atoms with van der Waals surface area (Å²) in [6.45, 7) is 10.1. The second-order valence-electron chi connectivity index (χ2n) is 8.91. The van der Waals surface area contributed by atoms with Crippen molar-refractivity contribution in [2.75, 3.05) is 6.61 Å². The number of carbonyl (C=O) groups excluding carboxylic acids is 1. The van der Waals surface area contributed by atoms with Gasteiger partial charge in [0.2, 0.25) is 0 Å². The number of carbonyl (C=O) groups is 1. The number of allylic oxidation sites excluding steroid dienone is 1. The van der Waals surface area contributed by atoms with E-state index in [0.717, 1.165) is 27.5 Å². The Balaban J connectivity index is 1.67. The largest absolute Gasteiger partial charge is 0.463 e. The Morgan fingerprint density at radius 1 is 1.19 bits per heavy atom. The van der Waals surface area contributed by atoms with Crippen molar-refractivity contribution in [1.29, 1.82) is 0 Å². The van der Waals surface area contributed by atoms with Gasteiger partial charge in [0.05, 0.1) is 22.4 Å². The number of aromatic nitrogens is 2. The van der Waals surface area contributed by atoms with Crippen LogP contribution in [0.5, 0.6) is 0 Å². The molecule has 0 fully saturated rings. The van der Waals surface area contributed by atoms with Crippen molar-refractivity contribution >= 4 is 57.3 Å². The third kappa shape index (κ3) is 4.57. The molecule has 1 aliphatic rings. The van der Waals surface area contributed by atoms with Gasteiger partial charge < -0.3 is 9.30 Å². The first-order valence-electron chi connectivity index (χ1n) is 11.9. The number of ether oxygens (including phenoxy) is 1. The normalized spacial score (nSPS) is 15.6. The first kappa shape index (κ1) is 25.9. The Morgan fingerprint density at radius 3 is 2.65 bits per heavy atom. The maximum atomic E-state index is 13.8. The molecule has 3 aromatic heterocycles. The molecule has 37 heavy (non-hydrogen) atoms. The smallest absolute Gasteiger partial charge is 0.338 e. The van der Waals surface area contributed by atoms with E-state index in [0.29, 0.717) is 20.6 Å². The number of halogens is 1. The topological polar surface area (TPSA) is 65.6 Å². The molecule has 0 N–H and O–H groups in total. The SMILES string of the molecule is CCOC(=O)C1=C(C)N=c2s/c(=C/c3cc(C)n(-c4ccc(C)c(I)c4)c3C)c(=O)n2[C@H]1c1cccs1. The van der Waals surface area contributed by atoms with Crippen LogP contribution in [-0.2, 0) is 9.53 Å². The summed E-state index contributed by atoms with van der Waals surface area (Å²) in [5, 5.41) is 1.95. The number of benzene rings is 1. The predicted octanol–water partition coefficient (Wildman–Crippen LogP) is 5.18. The fourth-order valence-electron chi connectivity index (χ4n) is 4.70. The average Bonchev–Trinajstić information content (AvgIpc) is 3.55. The van der Waals surface area contributed by atoms with E-state index in [9.17, 15) is 9.59 Å². The zero-order chi connectivity index (χ0) is 26.4. The molecule has 4 heterocycles. The molecule has 0 unspecified atom stereocenters. The molecule has 4 aromatic rings. The van der Waals surface area contributed by atoms with Crippen LogP contribution in [0.2, 0.25) is 0 Å². The van der Waals surface area contributed by atoms with Crippen molar-refractivity contribution in [2.45, 2.75) is 40.7 Å². The van der Waals surface area contributed by atoms with E-state index in [2.05, 4.69) is 77.2 Å². The molecule has 6 nitrogen and oxygen atoms in total. The fourth-order valence-corrected chi connectivity index (χ4v) is 7.06. The van der Waals surface area contributed by atoms with Gasteiger partial charge in [0.25, 0.3) is 5.56 Å². The maximum absolute atomic E-state index is 13.8. The highest BCUT2D eigenvalue weighted by Gasteiger charge is 2.33. The van der Waals surface area contributed by atoms with Crippen LogP contribution in [0, 0.1) is 24.3 Å². The first-order valence-corrected chi connectivity index (χ1v) is 14.7. The van der Waals surface area contributed by atoms with Gasteiger partial charge in [0.15, 0.2) is 4.80 Å². The lowest BCUT2D eigenvalue weighted by Crippen LogP contribution is -2.39. The summed E-state index contributed by atoms with van der Waals surface area (Å²) in [5.41, 5.74) is 6.30. The molecule has 0 saturated heterocycles. The van der Waals surface area contributed by atoms with Gasteiger partial charge in [-0.3, -0.25) is 9.36 Å². The van der Waals surface area contributed by atoms with Gasteiger partial charge in [-0.25, -0.2) is 9.79 Å². The van der Waals surface area contributed by atoms with E-state index in [4.69, 9.17) is 4.74 Å². The van der Waals surface area contributed by atoms with E-state index in [1.54, 1.807) is 18.4 Å². The monoisotopic (exact) mass is 643 g/mol. The number of esters is 1. The Bertz CT molecular complexity index is 1740. The minimum absolute atomic E-state index is 0.161. The molecule has 0 amide bonds. The first-order chi connectivity index (χ1) is 17.7. The summed E-state index contributed by atoms with van der Waals surface area (Å²) in [6, 6.07) is 11.8. The summed E-state index contributed by atoms with van der Waals surface area (Å²) in [4.78, 5) is 32.9. The van der Waals surface area contributed by atoms with Gasteiger partial charge in [-0.15, -0.1) is 11.3 Å². The van der Waals surface area contributed by atoms with E-state index in [1.807, 2.05) is 23.6 Å². The number of aryl methyl sites for hydroxylation is 2. The standard InChI is InChI=1S/C28H26IN3O3S2/c1-6-35-27(34)24-17(4)30-28-32(25(24)22-8-7-11-36-22)26(33)23(37-28)13-19-12-16(3)31(18(19)5)20-10-9-15(2)21(29)14-20/h7-14,25H,6H2,1-5H3/b23-13+/t25-/m0/s1. The van der Waals surface area contributed by atoms with Gasteiger partial charge in [-0.05, 0) is 104 Å². The van der Waals surface area contributed by atoms with Gasteiger partial charge in [0.1, 0.15) is 6.04 Å². The molecule has 190 valence electrons. The molecule has 1 aliphatic heterocycles. The number of thiophene rings is 1. The van der Waals surface area contributed by atoms with Crippen LogP contribution in [0.1, 0.15) is 47.3 Å². The van der Waals surface area contributed by atoms with Crippen LogP contribution in [0.25, 0.3) is 11.8 Å². The minimum Gasteiger partial charge on any atom is -0.463 e. The van der Waals surface area contributed by atoms with E-state index >= 15 is 0 Å². The lowest BCUT2D eigenvalue weighted by atomic mass is 10.0. The molecule has 1 atom stereocenters. The van der Waals surface area contributed by atoms with E-state index in [-0.39, 0.29) is 12.2 Å². The quantitative estimate of drug-likeness (QED) is 0.223. The predicted molar refractivity (Wildman–Crippen MR) is 157 cm³/mol. The molecule has 0 radical (unpaired) electrons. The second-order valence-corrected chi connectivity index (χ2v) is 12.1. The van der Waals surface area contributed by atoms with Crippen LogP contribution in [0.3, 0.4) is 0 Å². The summed E-state index contributed by atoms with van der Waals surface area (Å²) < 4.78 is 11.0. The minimum atomic E-state index is -0.556. The van der Waals surface area contributed by atoms with Crippen molar-refractivity contribution in [3.8, 4) is 5.69 Å². The van der Waals surface area contributed by atoms with Crippen molar-refractivity contribution in [3.63, 3.8) is 0 Å². The molecule has 0 saturated carbocycles. The van der Waals surface area contributed by atoms with E-state index in [1.165, 1.54) is 31.8 Å². The number of hydrogen-bond acceptors (Lipinski definition) is 6. The Morgan fingerprint density at radius 2 is 1.97 bits per heavy atom. The highest BCUT2D eigenvalue weighted by atomic mass is 127. The van der Waals surface area contributed by atoms with Crippen molar-refractivity contribution in [3.05, 3.63) is 104 Å². The Labute approximate surface area is 236 Å². The third-order valence-corrected chi connectivity index (χ3v) is 9.57. The van der Waals surface area contributed by atoms with Crippen LogP contribution < -0.4 is 14.9 Å². The maximum Gasteiger partial charge on any atom is 0.338 e. The highest BCUT2D eigenvalue weighted by molar-refractivity contribution is 14.1. The van der Waals surface area contributed by atoms with Gasteiger partial charge in [0, 0.05) is 25.5 Å². The van der Waals surface area contributed by atoms with Crippen LogP contribution in [-0.4, -0.2) is 21.7 Å². The molecule has 0 spiro atoms. The van der Waals surface area contributed by atoms with Gasteiger partial charge in [-0.1, -0.05) is 23.5 Å². The summed E-state index contributed by atoms with van der Waals surface area (Å²) in [6.07, 6.45) is 1.94. The number of rotatable bonds is 5.